The molecule has 0 heterocycles. The number of allylic oxidation sites excluding steroid dienone is 1. The first-order chi connectivity index (χ1) is 7.92. The Bertz CT molecular complexity index is 368. The van der Waals surface area contributed by atoms with Crippen LogP contribution in [0.3, 0.4) is 0 Å². The second kappa shape index (κ2) is 6.84. The minimum Gasteiger partial charge on any atom is -0.392 e. The van der Waals surface area contributed by atoms with Gasteiger partial charge >= 0.3 is 0 Å². The summed E-state index contributed by atoms with van der Waals surface area (Å²) in [4.78, 5) is 0. The number of rotatable bonds is 6. The molecule has 0 fully saturated rings. The first-order valence-corrected chi connectivity index (χ1v) is 10.7. The van der Waals surface area contributed by atoms with Gasteiger partial charge in [-0.3, -0.25) is 0 Å². The number of hydrogen-bond acceptors (Lipinski definition) is 4. The van der Waals surface area contributed by atoms with Crippen LogP contribution in [0.2, 0.25) is 13.1 Å². The molecule has 108 valence electrons. The summed E-state index contributed by atoms with van der Waals surface area (Å²) in [6, 6.07) is 0. The Morgan fingerprint density at radius 2 is 1.67 bits per heavy atom. The van der Waals surface area contributed by atoms with E-state index in [4.69, 9.17) is 8.61 Å². The van der Waals surface area contributed by atoms with E-state index in [0.29, 0.717) is 5.92 Å². The highest BCUT2D eigenvalue weighted by Gasteiger charge is 2.19. The van der Waals surface area contributed by atoms with Gasteiger partial charge in [-0.2, -0.15) is 8.42 Å². The third-order valence-electron chi connectivity index (χ3n) is 2.60. The topological polar surface area (TPSA) is 52.6 Å². The highest BCUT2D eigenvalue weighted by Crippen LogP contribution is 2.26. The maximum atomic E-state index is 11.1. The molecular weight excluding hydrogens is 268 g/mol. The summed E-state index contributed by atoms with van der Waals surface area (Å²) in [5.41, 5.74) is 0.126. The van der Waals surface area contributed by atoms with Crippen molar-refractivity contribution >= 4 is 19.2 Å². The van der Waals surface area contributed by atoms with Crippen molar-refractivity contribution < 1.29 is 17.0 Å². The molecule has 0 bridgehead atoms. The second-order valence-corrected chi connectivity index (χ2v) is 9.86. The predicted octanol–water partition coefficient (Wildman–Crippen LogP) is 2.53. The van der Waals surface area contributed by atoms with Gasteiger partial charge in [0.1, 0.15) is 0 Å². The van der Waals surface area contributed by atoms with Crippen LogP contribution in [0.25, 0.3) is 0 Å². The Morgan fingerprint density at radius 1 is 1.17 bits per heavy atom. The van der Waals surface area contributed by atoms with Gasteiger partial charge in [-0.05, 0) is 30.5 Å². The van der Waals surface area contributed by atoms with Crippen LogP contribution in [-0.2, 0) is 18.7 Å². The molecule has 6 heteroatoms. The summed E-state index contributed by atoms with van der Waals surface area (Å²) < 4.78 is 32.7. The van der Waals surface area contributed by atoms with E-state index < -0.39 is 25.4 Å². The molecule has 0 amide bonds. The van der Waals surface area contributed by atoms with E-state index in [2.05, 4.69) is 27.7 Å². The molecule has 0 aromatic rings. The lowest BCUT2D eigenvalue weighted by atomic mass is 9.82. The molecule has 0 N–H and O–H groups in total. The van der Waals surface area contributed by atoms with Crippen LogP contribution in [0.5, 0.6) is 0 Å². The van der Waals surface area contributed by atoms with E-state index in [9.17, 15) is 8.42 Å². The molecule has 0 aromatic carbocycles. The summed E-state index contributed by atoms with van der Waals surface area (Å²) >= 11 is 0. The van der Waals surface area contributed by atoms with Crippen molar-refractivity contribution in [2.75, 3.05) is 6.26 Å². The highest BCUT2D eigenvalue weighted by molar-refractivity contribution is 7.86. The molecule has 2 unspecified atom stereocenters. The average Bonchev–Trinajstić information content (AvgIpc) is 2.08. The van der Waals surface area contributed by atoms with E-state index in [1.54, 1.807) is 6.08 Å². The van der Waals surface area contributed by atoms with Gasteiger partial charge in [0.15, 0.2) is 15.3 Å². The monoisotopic (exact) mass is 294 g/mol. The van der Waals surface area contributed by atoms with Gasteiger partial charge in [-0.25, -0.2) is 4.18 Å². The Labute approximate surface area is 113 Å². The van der Waals surface area contributed by atoms with Crippen molar-refractivity contribution in [1.82, 2.24) is 0 Å². The summed E-state index contributed by atoms with van der Waals surface area (Å²) in [6.07, 6.45) is 3.89. The molecule has 0 aliphatic carbocycles. The quantitative estimate of drug-likeness (QED) is 0.327. The van der Waals surface area contributed by atoms with Gasteiger partial charge in [0.05, 0.1) is 6.26 Å². The molecule has 0 aliphatic heterocycles. The maximum Gasteiger partial charge on any atom is 0.267 e. The van der Waals surface area contributed by atoms with Crippen LogP contribution in [0, 0.1) is 11.3 Å². The van der Waals surface area contributed by atoms with Crippen molar-refractivity contribution in [3.63, 3.8) is 0 Å². The Hall–Kier alpha value is -0.173. The Balaban J connectivity index is 4.74. The zero-order chi connectivity index (χ0) is 14.6. The molecule has 0 aliphatic rings. The standard InChI is InChI=1S/C12H26O4SSi/c1-10(12(2,3)4)8-9-11(16-18(6)7)15-17(5,13)14/h8-11,18H,1-7H3/b9-8+. The molecule has 0 rings (SSSR count). The summed E-state index contributed by atoms with van der Waals surface area (Å²) in [7, 11) is -4.87. The normalized spacial score (nSPS) is 17.3. The summed E-state index contributed by atoms with van der Waals surface area (Å²) in [5.74, 6) is 0.306. The molecule has 0 saturated carbocycles. The largest absolute Gasteiger partial charge is 0.392 e. The van der Waals surface area contributed by atoms with Crippen LogP contribution in [0.1, 0.15) is 27.7 Å². The molecule has 4 nitrogen and oxygen atoms in total. The van der Waals surface area contributed by atoms with Gasteiger partial charge in [0.2, 0.25) is 0 Å². The third kappa shape index (κ3) is 8.85. The van der Waals surface area contributed by atoms with Crippen molar-refractivity contribution in [2.45, 2.75) is 47.1 Å². The molecule has 0 aromatic heterocycles. The van der Waals surface area contributed by atoms with E-state index in [0.717, 1.165) is 6.26 Å². The van der Waals surface area contributed by atoms with Gasteiger partial charge in [-0.1, -0.05) is 33.8 Å². The maximum absolute atomic E-state index is 11.1. The van der Waals surface area contributed by atoms with Gasteiger partial charge in [-0.15, -0.1) is 0 Å². The van der Waals surface area contributed by atoms with Crippen molar-refractivity contribution in [3.8, 4) is 0 Å². The molecule has 18 heavy (non-hydrogen) atoms. The molecule has 0 radical (unpaired) electrons. The van der Waals surface area contributed by atoms with Crippen LogP contribution in [0.4, 0.5) is 0 Å². The van der Waals surface area contributed by atoms with E-state index in [1.165, 1.54) is 0 Å². The Morgan fingerprint density at radius 3 is 2.00 bits per heavy atom. The molecule has 0 spiro atoms. The SMILES string of the molecule is CC(/C=C/C(O[SiH](C)C)OS(C)(=O)=O)C(C)(C)C. The van der Waals surface area contributed by atoms with Crippen LogP contribution in [-0.4, -0.2) is 30.0 Å². The van der Waals surface area contributed by atoms with Crippen molar-refractivity contribution in [1.29, 1.82) is 0 Å². The lowest BCUT2D eigenvalue weighted by Gasteiger charge is -2.25. The summed E-state index contributed by atoms with van der Waals surface area (Å²) in [6.45, 7) is 12.4. The first kappa shape index (κ1) is 17.8. The van der Waals surface area contributed by atoms with Crippen molar-refractivity contribution in [2.24, 2.45) is 11.3 Å². The fourth-order valence-corrected chi connectivity index (χ4v) is 2.30. The lowest BCUT2D eigenvalue weighted by molar-refractivity contribution is 0.0528. The molecule has 0 saturated heterocycles. The zero-order valence-corrected chi connectivity index (χ0v) is 14.4. The average molecular weight is 294 g/mol. The summed E-state index contributed by atoms with van der Waals surface area (Å²) in [5, 5.41) is 0. The zero-order valence-electron chi connectivity index (χ0n) is 12.4. The van der Waals surface area contributed by atoms with Gasteiger partial charge in [0.25, 0.3) is 10.1 Å². The lowest BCUT2D eigenvalue weighted by Crippen LogP contribution is -2.25. The predicted molar refractivity (Wildman–Crippen MR) is 77.4 cm³/mol. The second-order valence-electron chi connectivity index (χ2n) is 5.89. The highest BCUT2D eigenvalue weighted by atomic mass is 32.2. The molecule has 2 atom stereocenters. The third-order valence-corrected chi connectivity index (χ3v) is 3.95. The van der Waals surface area contributed by atoms with Crippen LogP contribution >= 0.6 is 0 Å². The molecular formula is C12H26O4SSi. The van der Waals surface area contributed by atoms with Crippen LogP contribution < -0.4 is 0 Å². The Kier molecular flexibility index (Phi) is 6.77. The first-order valence-electron chi connectivity index (χ1n) is 6.14. The van der Waals surface area contributed by atoms with E-state index in [1.807, 2.05) is 19.2 Å². The smallest absolute Gasteiger partial charge is 0.267 e. The van der Waals surface area contributed by atoms with Gasteiger partial charge in [0, 0.05) is 0 Å². The number of hydrogen-bond donors (Lipinski definition) is 0. The van der Waals surface area contributed by atoms with E-state index in [-0.39, 0.29) is 5.41 Å². The fraction of sp³-hybridized carbons (Fsp3) is 0.833. The van der Waals surface area contributed by atoms with Crippen molar-refractivity contribution in [3.05, 3.63) is 12.2 Å². The van der Waals surface area contributed by atoms with Crippen LogP contribution in [0.15, 0.2) is 12.2 Å². The van der Waals surface area contributed by atoms with E-state index >= 15 is 0 Å². The minimum absolute atomic E-state index is 0.126. The minimum atomic E-state index is -3.51. The fourth-order valence-electron chi connectivity index (χ4n) is 1.09. The van der Waals surface area contributed by atoms with Gasteiger partial charge < -0.3 is 4.43 Å².